The number of likely N-dealkylation sites (N-methyl/N-ethyl adjacent to an activating group) is 1. The largest absolute Gasteiger partial charge is 0.344 e. The van der Waals surface area contributed by atoms with Crippen LogP contribution in [0.5, 0.6) is 0 Å². The van der Waals surface area contributed by atoms with Crippen LogP contribution in [0.3, 0.4) is 0 Å². The van der Waals surface area contributed by atoms with Crippen molar-refractivity contribution in [3.05, 3.63) is 83.8 Å². The number of aromatic nitrogens is 2. The number of hydrogen-bond donors (Lipinski definition) is 1. The van der Waals surface area contributed by atoms with Gasteiger partial charge in [0.15, 0.2) is 0 Å². The van der Waals surface area contributed by atoms with E-state index >= 15 is 0 Å². The number of amides is 1. The first-order valence-electron chi connectivity index (χ1n) is 8.65. The van der Waals surface area contributed by atoms with Crippen LogP contribution in [0.2, 0.25) is 0 Å². The molecule has 130 valence electrons. The third-order valence-corrected chi connectivity index (χ3v) is 4.67. The van der Waals surface area contributed by atoms with Crippen LogP contribution in [-0.2, 0) is 6.54 Å². The van der Waals surface area contributed by atoms with Gasteiger partial charge in [0.1, 0.15) is 6.33 Å². The maximum absolute atomic E-state index is 13.0. The van der Waals surface area contributed by atoms with Gasteiger partial charge in [0.25, 0.3) is 5.91 Å². The molecule has 1 aliphatic rings. The van der Waals surface area contributed by atoms with Gasteiger partial charge in [0.05, 0.1) is 17.3 Å². The number of carbonyl (C=O) groups is 1. The zero-order chi connectivity index (χ0) is 17.9. The first kappa shape index (κ1) is 16.4. The SMILES string of the molecule is CN1Cc2ccccc2C(NC(=O)c2cncnc2-c2ccccc2)C1. The van der Waals surface area contributed by atoms with Crippen LogP contribution in [0.1, 0.15) is 27.5 Å². The molecule has 5 nitrogen and oxygen atoms in total. The van der Waals surface area contributed by atoms with Gasteiger partial charge in [-0.1, -0.05) is 54.6 Å². The highest BCUT2D eigenvalue weighted by Crippen LogP contribution is 2.27. The summed E-state index contributed by atoms with van der Waals surface area (Å²) in [6.07, 6.45) is 3.06. The quantitative estimate of drug-likeness (QED) is 0.793. The highest BCUT2D eigenvalue weighted by atomic mass is 16.1. The Kier molecular flexibility index (Phi) is 4.46. The Morgan fingerprint density at radius 2 is 1.88 bits per heavy atom. The molecule has 1 aromatic heterocycles. The van der Waals surface area contributed by atoms with E-state index in [1.54, 1.807) is 6.20 Å². The van der Waals surface area contributed by atoms with E-state index in [1.807, 2.05) is 42.5 Å². The van der Waals surface area contributed by atoms with Crippen molar-refractivity contribution in [2.75, 3.05) is 13.6 Å². The zero-order valence-corrected chi connectivity index (χ0v) is 14.6. The van der Waals surface area contributed by atoms with E-state index in [0.29, 0.717) is 11.3 Å². The molecule has 26 heavy (non-hydrogen) atoms. The Bertz CT molecular complexity index is 926. The molecule has 0 spiro atoms. The van der Waals surface area contributed by atoms with Crippen LogP contribution >= 0.6 is 0 Å². The molecule has 1 unspecified atom stereocenters. The van der Waals surface area contributed by atoms with E-state index < -0.39 is 0 Å². The van der Waals surface area contributed by atoms with Crippen LogP contribution in [0.15, 0.2) is 67.1 Å². The van der Waals surface area contributed by atoms with Gasteiger partial charge in [-0.2, -0.15) is 0 Å². The highest BCUT2D eigenvalue weighted by Gasteiger charge is 2.26. The van der Waals surface area contributed by atoms with E-state index in [0.717, 1.165) is 18.7 Å². The molecule has 1 atom stereocenters. The van der Waals surface area contributed by atoms with Crippen molar-refractivity contribution in [2.45, 2.75) is 12.6 Å². The minimum Gasteiger partial charge on any atom is -0.344 e. The molecule has 2 heterocycles. The van der Waals surface area contributed by atoms with Gasteiger partial charge in [-0.15, -0.1) is 0 Å². The Morgan fingerprint density at radius 1 is 1.12 bits per heavy atom. The second-order valence-corrected chi connectivity index (χ2v) is 6.57. The predicted molar refractivity (Wildman–Crippen MR) is 100 cm³/mol. The summed E-state index contributed by atoms with van der Waals surface area (Å²) in [4.78, 5) is 23.6. The van der Waals surface area contributed by atoms with E-state index in [2.05, 4.69) is 39.4 Å². The van der Waals surface area contributed by atoms with Crippen molar-refractivity contribution < 1.29 is 4.79 Å². The normalized spacial score (nSPS) is 16.7. The summed E-state index contributed by atoms with van der Waals surface area (Å²) in [5.74, 6) is -0.153. The Balaban J connectivity index is 1.64. The number of nitrogens with zero attached hydrogens (tertiary/aromatic N) is 3. The fraction of sp³-hybridized carbons (Fsp3) is 0.190. The van der Waals surface area contributed by atoms with Crippen LogP contribution in [0.25, 0.3) is 11.3 Å². The van der Waals surface area contributed by atoms with E-state index in [4.69, 9.17) is 0 Å². The molecule has 1 aliphatic heterocycles. The first-order valence-corrected chi connectivity index (χ1v) is 8.65. The number of fused-ring (bicyclic) bond motifs is 1. The summed E-state index contributed by atoms with van der Waals surface area (Å²) in [5.41, 5.74) is 4.47. The Morgan fingerprint density at radius 3 is 2.73 bits per heavy atom. The lowest BCUT2D eigenvalue weighted by Crippen LogP contribution is -2.40. The molecule has 0 saturated carbocycles. The van der Waals surface area contributed by atoms with Crippen LogP contribution in [-0.4, -0.2) is 34.4 Å². The van der Waals surface area contributed by atoms with E-state index in [-0.39, 0.29) is 11.9 Å². The minimum absolute atomic E-state index is 0.0544. The van der Waals surface area contributed by atoms with E-state index in [9.17, 15) is 4.79 Å². The summed E-state index contributed by atoms with van der Waals surface area (Å²) in [6, 6.07) is 17.9. The maximum Gasteiger partial charge on any atom is 0.255 e. The minimum atomic E-state index is -0.153. The summed E-state index contributed by atoms with van der Waals surface area (Å²) >= 11 is 0. The third-order valence-electron chi connectivity index (χ3n) is 4.67. The van der Waals surface area contributed by atoms with Crippen molar-refractivity contribution in [3.63, 3.8) is 0 Å². The van der Waals surface area contributed by atoms with Crippen LogP contribution in [0.4, 0.5) is 0 Å². The van der Waals surface area contributed by atoms with Gasteiger partial charge in [-0.25, -0.2) is 9.97 Å². The molecular formula is C21H20N4O. The van der Waals surface area contributed by atoms with Crippen LogP contribution in [0, 0.1) is 0 Å². The molecule has 5 heteroatoms. The van der Waals surface area contributed by atoms with Gasteiger partial charge >= 0.3 is 0 Å². The van der Waals surface area contributed by atoms with Gasteiger partial charge < -0.3 is 5.32 Å². The summed E-state index contributed by atoms with van der Waals surface area (Å²) < 4.78 is 0. The molecule has 1 amide bonds. The molecule has 0 bridgehead atoms. The molecule has 2 aromatic carbocycles. The standard InChI is InChI=1S/C21H20N4O/c1-25-12-16-9-5-6-10-17(16)19(13-25)24-21(26)18-11-22-14-23-20(18)15-7-3-2-4-8-15/h2-11,14,19H,12-13H2,1H3,(H,24,26). The van der Waals surface area contributed by atoms with Gasteiger partial charge in [-0.05, 0) is 18.2 Å². The lowest BCUT2D eigenvalue weighted by Gasteiger charge is -2.32. The highest BCUT2D eigenvalue weighted by molar-refractivity contribution is 5.99. The van der Waals surface area contributed by atoms with Gasteiger partial charge in [0, 0.05) is 24.8 Å². The number of rotatable bonds is 3. The molecule has 0 saturated heterocycles. The Labute approximate surface area is 152 Å². The molecule has 3 aromatic rings. The summed E-state index contributed by atoms with van der Waals surface area (Å²) in [6.45, 7) is 1.67. The number of hydrogen-bond acceptors (Lipinski definition) is 4. The van der Waals surface area contributed by atoms with Crippen molar-refractivity contribution in [1.82, 2.24) is 20.2 Å². The van der Waals surface area contributed by atoms with Gasteiger partial charge in [-0.3, -0.25) is 9.69 Å². The van der Waals surface area contributed by atoms with Crippen molar-refractivity contribution >= 4 is 5.91 Å². The molecule has 4 rings (SSSR count). The number of carbonyl (C=O) groups excluding carboxylic acids is 1. The molecule has 0 radical (unpaired) electrons. The predicted octanol–water partition coefficient (Wildman–Crippen LogP) is 3.06. The fourth-order valence-electron chi connectivity index (χ4n) is 3.46. The first-order chi connectivity index (χ1) is 12.7. The fourth-order valence-corrected chi connectivity index (χ4v) is 3.46. The molecule has 1 N–H and O–H groups in total. The van der Waals surface area contributed by atoms with Gasteiger partial charge in [0.2, 0.25) is 0 Å². The third kappa shape index (κ3) is 3.21. The number of nitrogens with one attached hydrogen (secondary N) is 1. The topological polar surface area (TPSA) is 58.1 Å². The summed E-state index contributed by atoms with van der Waals surface area (Å²) in [5, 5.41) is 3.17. The molecule has 0 fully saturated rings. The molecular weight excluding hydrogens is 324 g/mol. The van der Waals surface area contributed by atoms with Crippen molar-refractivity contribution in [2.24, 2.45) is 0 Å². The Hall–Kier alpha value is -3.05. The molecule has 0 aliphatic carbocycles. The second kappa shape index (κ2) is 7.06. The monoisotopic (exact) mass is 344 g/mol. The second-order valence-electron chi connectivity index (χ2n) is 6.57. The maximum atomic E-state index is 13.0. The zero-order valence-electron chi connectivity index (χ0n) is 14.6. The van der Waals surface area contributed by atoms with Crippen molar-refractivity contribution in [1.29, 1.82) is 0 Å². The van der Waals surface area contributed by atoms with E-state index in [1.165, 1.54) is 17.5 Å². The lowest BCUT2D eigenvalue weighted by atomic mass is 9.95. The average molecular weight is 344 g/mol. The smallest absolute Gasteiger partial charge is 0.255 e. The average Bonchev–Trinajstić information content (AvgIpc) is 2.68. The summed E-state index contributed by atoms with van der Waals surface area (Å²) in [7, 11) is 2.07. The van der Waals surface area contributed by atoms with Crippen molar-refractivity contribution in [3.8, 4) is 11.3 Å². The lowest BCUT2D eigenvalue weighted by molar-refractivity contribution is 0.0922. The van der Waals surface area contributed by atoms with Crippen LogP contribution < -0.4 is 5.32 Å². The number of benzene rings is 2.